The van der Waals surface area contributed by atoms with Crippen LogP contribution in [0.1, 0.15) is 0 Å². The lowest BCUT2D eigenvalue weighted by Gasteiger charge is -2.28. The third-order valence-electron chi connectivity index (χ3n) is 8.76. The van der Waals surface area contributed by atoms with Gasteiger partial charge in [0.1, 0.15) is 11.3 Å². The number of rotatable bonds is 4. The topological polar surface area (TPSA) is 42.2 Å². The van der Waals surface area contributed by atoms with Crippen molar-refractivity contribution < 1.29 is 4.42 Å². The average Bonchev–Trinajstić information content (AvgIpc) is 3.47. The average molecular weight is 590 g/mol. The highest BCUT2D eigenvalue weighted by Gasteiger charge is 2.31. The minimum atomic E-state index is 0.877. The largest absolute Gasteiger partial charge is 0.455 e. The fourth-order valence-corrected chi connectivity index (χ4v) is 6.65. The van der Waals surface area contributed by atoms with Crippen molar-refractivity contribution in [3.63, 3.8) is 0 Å². The molecule has 4 nitrogen and oxygen atoms in total. The molecular formula is C42H27N3O. The summed E-state index contributed by atoms with van der Waals surface area (Å²) in [4.78, 5) is 11.3. The van der Waals surface area contributed by atoms with Gasteiger partial charge in [-0.25, -0.2) is 0 Å². The fourth-order valence-electron chi connectivity index (χ4n) is 6.65. The summed E-state index contributed by atoms with van der Waals surface area (Å²) in [6, 6.07) is 49.2. The summed E-state index contributed by atoms with van der Waals surface area (Å²) in [7, 11) is 0. The van der Waals surface area contributed by atoms with Crippen LogP contribution in [-0.4, -0.2) is 9.97 Å². The zero-order chi connectivity index (χ0) is 30.5. The van der Waals surface area contributed by atoms with Crippen molar-refractivity contribution in [1.82, 2.24) is 9.97 Å². The monoisotopic (exact) mass is 589 g/mol. The van der Waals surface area contributed by atoms with Crippen LogP contribution in [0.5, 0.6) is 0 Å². The molecule has 1 aliphatic heterocycles. The zero-order valence-corrected chi connectivity index (χ0v) is 24.8. The third-order valence-corrected chi connectivity index (χ3v) is 8.76. The fraction of sp³-hybridized carbons (Fsp3) is 0. The van der Waals surface area contributed by atoms with Gasteiger partial charge in [-0.2, -0.15) is 0 Å². The Balaban J connectivity index is 1.37. The van der Waals surface area contributed by atoms with E-state index in [-0.39, 0.29) is 0 Å². The van der Waals surface area contributed by atoms with Gasteiger partial charge in [0.05, 0.1) is 11.4 Å². The van der Waals surface area contributed by atoms with E-state index in [4.69, 9.17) is 4.42 Å². The molecule has 216 valence electrons. The molecule has 9 rings (SSSR count). The Morgan fingerprint density at radius 3 is 1.85 bits per heavy atom. The summed E-state index contributed by atoms with van der Waals surface area (Å²) in [5.74, 6) is 0.877. The summed E-state index contributed by atoms with van der Waals surface area (Å²) in [5.41, 5.74) is 13.9. The molecule has 4 heteroatoms. The lowest BCUT2D eigenvalue weighted by molar-refractivity contribution is 0.633. The Labute approximate surface area is 266 Å². The minimum absolute atomic E-state index is 0.877. The molecule has 0 unspecified atom stereocenters. The molecule has 0 saturated heterocycles. The highest BCUT2D eigenvalue weighted by atomic mass is 16.3. The van der Waals surface area contributed by atoms with Crippen molar-refractivity contribution in [3.8, 4) is 55.8 Å². The minimum Gasteiger partial charge on any atom is -0.455 e. The van der Waals surface area contributed by atoms with Crippen LogP contribution in [0, 0.1) is 0 Å². The first-order valence-corrected chi connectivity index (χ1v) is 15.4. The predicted molar refractivity (Wildman–Crippen MR) is 187 cm³/mol. The van der Waals surface area contributed by atoms with Crippen molar-refractivity contribution >= 4 is 28.0 Å². The first-order chi connectivity index (χ1) is 22.8. The van der Waals surface area contributed by atoms with Crippen LogP contribution in [0.2, 0.25) is 0 Å². The van der Waals surface area contributed by atoms with E-state index in [1.807, 2.05) is 43.0 Å². The van der Waals surface area contributed by atoms with E-state index in [1.54, 1.807) is 0 Å². The second-order valence-electron chi connectivity index (χ2n) is 11.5. The maximum Gasteiger partial charge on any atom is 0.145 e. The molecule has 0 aliphatic carbocycles. The van der Waals surface area contributed by atoms with Crippen molar-refractivity contribution in [3.05, 3.63) is 164 Å². The number of fused-ring (bicyclic) bond motifs is 7. The third kappa shape index (κ3) is 4.31. The molecule has 5 aromatic carbocycles. The molecule has 0 spiro atoms. The van der Waals surface area contributed by atoms with Gasteiger partial charge in [-0.15, -0.1) is 0 Å². The Hall–Kier alpha value is -6.26. The van der Waals surface area contributed by atoms with E-state index in [1.165, 1.54) is 5.56 Å². The highest BCUT2D eigenvalue weighted by molar-refractivity contribution is 6.11. The first kappa shape index (κ1) is 26.2. The highest BCUT2D eigenvalue weighted by Crippen LogP contribution is 2.54. The smallest absolute Gasteiger partial charge is 0.145 e. The van der Waals surface area contributed by atoms with Gasteiger partial charge >= 0.3 is 0 Å². The predicted octanol–water partition coefficient (Wildman–Crippen LogP) is 11.3. The Morgan fingerprint density at radius 2 is 1.11 bits per heavy atom. The Morgan fingerprint density at radius 1 is 0.457 bits per heavy atom. The molecule has 8 aromatic rings. The maximum atomic E-state index is 6.73. The summed E-state index contributed by atoms with van der Waals surface area (Å²) < 4.78 is 6.73. The van der Waals surface area contributed by atoms with E-state index in [0.717, 1.165) is 78.3 Å². The van der Waals surface area contributed by atoms with Gasteiger partial charge in [0, 0.05) is 63.7 Å². The molecule has 0 saturated carbocycles. The Bertz CT molecular complexity index is 2310. The number of hydrogen-bond acceptors (Lipinski definition) is 4. The van der Waals surface area contributed by atoms with Crippen molar-refractivity contribution in [2.45, 2.75) is 0 Å². The second kappa shape index (κ2) is 10.7. The normalized spacial score (nSPS) is 11.9. The molecule has 0 fully saturated rings. The van der Waals surface area contributed by atoms with Crippen molar-refractivity contribution in [2.75, 3.05) is 4.90 Å². The molecule has 0 bridgehead atoms. The molecular weight excluding hydrogens is 562 g/mol. The lowest BCUT2D eigenvalue weighted by atomic mass is 9.94. The van der Waals surface area contributed by atoms with Gasteiger partial charge in [-0.3, -0.25) is 9.97 Å². The van der Waals surface area contributed by atoms with Crippen LogP contribution in [0.25, 0.3) is 66.8 Å². The zero-order valence-electron chi connectivity index (χ0n) is 24.8. The van der Waals surface area contributed by atoms with E-state index in [2.05, 4.69) is 136 Å². The summed E-state index contributed by atoms with van der Waals surface area (Å²) in [6.45, 7) is 0. The first-order valence-electron chi connectivity index (χ1n) is 15.4. The maximum absolute atomic E-state index is 6.73. The SMILES string of the molecule is c1ccc(-c2ccc3c(c2)-c2c(oc4ccccc24)-c2ccccc2N3c2cc(-c3cccnc3)cc(-c3cccnc3)c2)cc1. The van der Waals surface area contributed by atoms with Crippen molar-refractivity contribution in [2.24, 2.45) is 0 Å². The quantitative estimate of drug-likeness (QED) is 0.205. The van der Waals surface area contributed by atoms with Crippen LogP contribution in [0.4, 0.5) is 17.1 Å². The molecule has 1 aliphatic rings. The van der Waals surface area contributed by atoms with E-state index < -0.39 is 0 Å². The second-order valence-corrected chi connectivity index (χ2v) is 11.5. The number of nitrogens with zero attached hydrogens (tertiary/aromatic N) is 3. The molecule has 0 atom stereocenters. The van der Waals surface area contributed by atoms with Gasteiger partial charge in [-0.05, 0) is 82.9 Å². The van der Waals surface area contributed by atoms with Crippen molar-refractivity contribution in [1.29, 1.82) is 0 Å². The van der Waals surface area contributed by atoms with Crippen LogP contribution in [0.15, 0.2) is 169 Å². The molecule has 4 heterocycles. The van der Waals surface area contributed by atoms with Gasteiger partial charge in [-0.1, -0.05) is 78.9 Å². The van der Waals surface area contributed by atoms with Crippen LogP contribution in [0.3, 0.4) is 0 Å². The number of aromatic nitrogens is 2. The standard InChI is InChI=1S/C42H27N3O/c1-2-10-28(11-3-1)29-18-19-39-37(25-29)41-36-15-5-7-17-40(36)46-42(41)35-14-4-6-16-38(35)45(39)34-23-32(30-12-8-20-43-26-30)22-33(24-34)31-13-9-21-44-27-31/h1-27H. The van der Waals surface area contributed by atoms with Crippen LogP contribution in [-0.2, 0) is 0 Å². The van der Waals surface area contributed by atoms with Gasteiger partial charge in [0.15, 0.2) is 0 Å². The molecule has 3 aromatic heterocycles. The van der Waals surface area contributed by atoms with Crippen LogP contribution >= 0.6 is 0 Å². The number of benzene rings is 5. The lowest BCUT2D eigenvalue weighted by Crippen LogP contribution is -2.11. The molecule has 0 radical (unpaired) electrons. The Kier molecular flexibility index (Phi) is 6.10. The number of hydrogen-bond donors (Lipinski definition) is 0. The van der Waals surface area contributed by atoms with E-state index >= 15 is 0 Å². The van der Waals surface area contributed by atoms with E-state index in [0.29, 0.717) is 0 Å². The molecule has 0 amide bonds. The molecule has 46 heavy (non-hydrogen) atoms. The number of anilines is 3. The number of furan rings is 1. The summed E-state index contributed by atoms with van der Waals surface area (Å²) in [6.07, 6.45) is 7.46. The van der Waals surface area contributed by atoms with Crippen LogP contribution < -0.4 is 4.90 Å². The summed E-state index contributed by atoms with van der Waals surface area (Å²) >= 11 is 0. The van der Waals surface area contributed by atoms with E-state index in [9.17, 15) is 0 Å². The number of para-hydroxylation sites is 2. The van der Waals surface area contributed by atoms with Gasteiger partial charge in [0.2, 0.25) is 0 Å². The number of pyridine rings is 2. The van der Waals surface area contributed by atoms with Gasteiger partial charge in [0.25, 0.3) is 0 Å². The summed E-state index contributed by atoms with van der Waals surface area (Å²) in [5, 5.41) is 1.10. The molecule has 0 N–H and O–H groups in total. The van der Waals surface area contributed by atoms with Gasteiger partial charge < -0.3 is 9.32 Å².